The Hall–Kier alpha value is -3.22. The second-order valence-electron chi connectivity index (χ2n) is 4.60. The Morgan fingerprint density at radius 3 is 2.71 bits per heavy atom. The summed E-state index contributed by atoms with van der Waals surface area (Å²) in [5, 5.41) is 19.5. The van der Waals surface area contributed by atoms with Crippen LogP contribution in [0.1, 0.15) is 0 Å². The van der Waals surface area contributed by atoms with E-state index in [1.54, 1.807) is 6.07 Å². The van der Waals surface area contributed by atoms with Gasteiger partial charge in [-0.1, -0.05) is 18.2 Å². The number of nitro groups is 1. The first kappa shape index (κ1) is 11.6. The number of rotatable bonds is 2. The zero-order valence-corrected chi connectivity index (χ0v) is 10.6. The lowest BCUT2D eigenvalue weighted by Crippen LogP contribution is -1.90. The molecule has 4 rings (SSSR count). The van der Waals surface area contributed by atoms with Crippen molar-refractivity contribution >= 4 is 27.6 Å². The third-order valence-corrected chi connectivity index (χ3v) is 3.47. The maximum absolute atomic E-state index is 11.0. The van der Waals surface area contributed by atoms with E-state index < -0.39 is 4.92 Å². The number of hydrogen-bond acceptors (Lipinski definition) is 5. The number of non-ortho nitro benzene ring substituents is 1. The van der Waals surface area contributed by atoms with Gasteiger partial charge in [0.2, 0.25) is 5.52 Å². The topological polar surface area (TPSA) is 97.8 Å². The van der Waals surface area contributed by atoms with Crippen LogP contribution >= 0.6 is 0 Å². The van der Waals surface area contributed by atoms with E-state index in [4.69, 9.17) is 4.63 Å². The lowest BCUT2D eigenvalue weighted by atomic mass is 10.0. The van der Waals surface area contributed by atoms with Crippen molar-refractivity contribution in [1.82, 2.24) is 15.3 Å². The van der Waals surface area contributed by atoms with Gasteiger partial charge in [0.1, 0.15) is 5.52 Å². The number of aromatic nitrogens is 3. The Morgan fingerprint density at radius 1 is 1.05 bits per heavy atom. The van der Waals surface area contributed by atoms with E-state index in [2.05, 4.69) is 15.3 Å². The molecule has 0 aliphatic heterocycles. The second kappa shape index (κ2) is 4.14. The quantitative estimate of drug-likeness (QED) is 0.449. The highest BCUT2D eigenvalue weighted by molar-refractivity contribution is 6.04. The normalized spacial score (nSPS) is 11.2. The zero-order chi connectivity index (χ0) is 14.4. The maximum atomic E-state index is 11.0. The molecule has 0 saturated heterocycles. The van der Waals surface area contributed by atoms with Gasteiger partial charge in [0.05, 0.1) is 4.92 Å². The number of benzene rings is 2. The van der Waals surface area contributed by atoms with Crippen molar-refractivity contribution in [2.75, 3.05) is 0 Å². The van der Waals surface area contributed by atoms with Crippen molar-refractivity contribution in [1.29, 1.82) is 0 Å². The summed E-state index contributed by atoms with van der Waals surface area (Å²) in [4.78, 5) is 13.7. The predicted octanol–water partition coefficient (Wildman–Crippen LogP) is 3.28. The van der Waals surface area contributed by atoms with Crippen LogP contribution in [0.25, 0.3) is 33.1 Å². The van der Waals surface area contributed by atoms with E-state index in [0.29, 0.717) is 5.52 Å². The Labute approximate surface area is 117 Å². The van der Waals surface area contributed by atoms with Crippen molar-refractivity contribution in [3.63, 3.8) is 0 Å². The summed E-state index contributed by atoms with van der Waals surface area (Å²) in [5.74, 6) is 0. The van der Waals surface area contributed by atoms with Crippen LogP contribution in [0.15, 0.2) is 47.2 Å². The van der Waals surface area contributed by atoms with Crippen LogP contribution < -0.4 is 0 Å². The van der Waals surface area contributed by atoms with Crippen molar-refractivity contribution < 1.29 is 9.55 Å². The van der Waals surface area contributed by atoms with Gasteiger partial charge in [0, 0.05) is 34.3 Å². The minimum Gasteiger partial charge on any atom is -0.361 e. The maximum Gasteiger partial charge on any atom is 0.300 e. The molecule has 0 saturated carbocycles. The molecule has 0 spiro atoms. The molecule has 7 nitrogen and oxygen atoms in total. The summed E-state index contributed by atoms with van der Waals surface area (Å²) in [7, 11) is 0. The van der Waals surface area contributed by atoms with Crippen molar-refractivity contribution in [3.8, 4) is 11.1 Å². The van der Waals surface area contributed by atoms with Crippen LogP contribution in [0.2, 0.25) is 0 Å². The van der Waals surface area contributed by atoms with E-state index in [1.807, 2.05) is 30.5 Å². The molecule has 1 N–H and O–H groups in total. The third kappa shape index (κ3) is 1.61. The smallest absolute Gasteiger partial charge is 0.300 e. The molecule has 7 heteroatoms. The number of nitro benzene ring substituents is 1. The lowest BCUT2D eigenvalue weighted by molar-refractivity contribution is -0.383. The van der Waals surface area contributed by atoms with E-state index in [1.165, 1.54) is 6.07 Å². The van der Waals surface area contributed by atoms with Crippen LogP contribution in [0.4, 0.5) is 5.69 Å². The van der Waals surface area contributed by atoms with Gasteiger partial charge in [-0.15, -0.1) is 0 Å². The Balaban J connectivity index is 2.06. The van der Waals surface area contributed by atoms with Gasteiger partial charge >= 0.3 is 5.69 Å². The number of fused-ring (bicyclic) bond motifs is 2. The van der Waals surface area contributed by atoms with Crippen LogP contribution in [0.5, 0.6) is 0 Å². The molecule has 0 aliphatic rings. The Bertz CT molecular complexity index is 986. The van der Waals surface area contributed by atoms with E-state index in [-0.39, 0.29) is 11.2 Å². The second-order valence-corrected chi connectivity index (χ2v) is 4.60. The molecular formula is C14H8N4O3. The van der Waals surface area contributed by atoms with Crippen LogP contribution in [-0.2, 0) is 0 Å². The van der Waals surface area contributed by atoms with Crippen LogP contribution in [-0.4, -0.2) is 20.2 Å². The lowest BCUT2D eigenvalue weighted by Gasteiger charge is -2.00. The van der Waals surface area contributed by atoms with Gasteiger partial charge in [-0.05, 0) is 22.4 Å². The van der Waals surface area contributed by atoms with E-state index in [0.717, 1.165) is 22.0 Å². The number of hydrogen-bond donors (Lipinski definition) is 1. The summed E-state index contributed by atoms with van der Waals surface area (Å²) >= 11 is 0. The molecule has 2 aromatic carbocycles. The van der Waals surface area contributed by atoms with E-state index in [9.17, 15) is 10.1 Å². The average Bonchev–Trinajstić information content (AvgIpc) is 3.13. The summed E-state index contributed by atoms with van der Waals surface area (Å²) in [6.07, 6.45) is 1.85. The monoisotopic (exact) mass is 280 g/mol. The highest BCUT2D eigenvalue weighted by Gasteiger charge is 2.21. The van der Waals surface area contributed by atoms with Crippen LogP contribution in [0.3, 0.4) is 0 Å². The van der Waals surface area contributed by atoms with Gasteiger partial charge in [0.25, 0.3) is 0 Å². The largest absolute Gasteiger partial charge is 0.361 e. The van der Waals surface area contributed by atoms with Crippen molar-refractivity contribution in [2.45, 2.75) is 0 Å². The fourth-order valence-corrected chi connectivity index (χ4v) is 2.51. The summed E-state index contributed by atoms with van der Waals surface area (Å²) < 4.78 is 4.69. The van der Waals surface area contributed by atoms with Gasteiger partial charge in [-0.2, -0.15) is 0 Å². The first-order valence-electron chi connectivity index (χ1n) is 6.22. The van der Waals surface area contributed by atoms with Crippen LogP contribution in [0, 0.1) is 10.1 Å². The fourth-order valence-electron chi connectivity index (χ4n) is 2.51. The molecule has 102 valence electrons. The predicted molar refractivity (Wildman–Crippen MR) is 75.8 cm³/mol. The SMILES string of the molecule is O=[N+]([O-])c1ccc(-c2c[nH]c3ccccc23)c2nonc12. The number of nitrogens with one attached hydrogen (secondary N) is 1. The zero-order valence-electron chi connectivity index (χ0n) is 10.6. The number of aromatic amines is 1. The molecule has 4 aromatic rings. The van der Waals surface area contributed by atoms with E-state index >= 15 is 0 Å². The van der Waals surface area contributed by atoms with Gasteiger partial charge in [0.15, 0.2) is 0 Å². The standard InChI is InChI=1S/C14H8N4O3/c19-18(20)12-6-5-9(13-14(12)17-21-16-13)10-7-15-11-4-2-1-3-8(10)11/h1-7,15H. The molecular weight excluding hydrogens is 272 g/mol. The molecule has 21 heavy (non-hydrogen) atoms. The minimum atomic E-state index is -0.495. The third-order valence-electron chi connectivity index (χ3n) is 3.47. The molecule has 0 aliphatic carbocycles. The summed E-state index contributed by atoms with van der Waals surface area (Å²) in [6, 6.07) is 10.9. The summed E-state index contributed by atoms with van der Waals surface area (Å²) in [5.41, 5.74) is 3.05. The molecule has 0 radical (unpaired) electrons. The Morgan fingerprint density at radius 2 is 1.86 bits per heavy atom. The highest BCUT2D eigenvalue weighted by atomic mass is 16.6. The fraction of sp³-hybridized carbons (Fsp3) is 0. The molecule has 2 aromatic heterocycles. The van der Waals surface area contributed by atoms with Crippen molar-refractivity contribution in [2.24, 2.45) is 0 Å². The van der Waals surface area contributed by atoms with Gasteiger partial charge in [-0.25, -0.2) is 4.63 Å². The Kier molecular flexibility index (Phi) is 2.28. The molecule has 0 bridgehead atoms. The molecule has 2 heterocycles. The molecule has 0 atom stereocenters. The van der Waals surface area contributed by atoms with Gasteiger partial charge < -0.3 is 4.98 Å². The number of H-pyrrole nitrogens is 1. The average molecular weight is 280 g/mol. The molecule has 0 unspecified atom stereocenters. The first-order valence-corrected chi connectivity index (χ1v) is 6.22. The highest BCUT2D eigenvalue weighted by Crippen LogP contribution is 2.35. The molecule has 0 fully saturated rings. The van der Waals surface area contributed by atoms with Gasteiger partial charge in [-0.3, -0.25) is 10.1 Å². The summed E-state index contributed by atoms with van der Waals surface area (Å²) in [6.45, 7) is 0. The molecule has 0 amide bonds. The number of para-hydroxylation sites is 1. The minimum absolute atomic E-state index is 0.116. The van der Waals surface area contributed by atoms with Crippen molar-refractivity contribution in [3.05, 3.63) is 52.7 Å². The number of nitrogens with zero attached hydrogens (tertiary/aromatic N) is 3. The first-order chi connectivity index (χ1) is 10.3.